The zero-order chi connectivity index (χ0) is 7.68. The zero-order valence-corrected chi connectivity index (χ0v) is 6.67. The third-order valence-corrected chi connectivity index (χ3v) is 2.20. The van der Waals surface area contributed by atoms with Crippen molar-refractivity contribution in [3.63, 3.8) is 0 Å². The molecule has 1 atom stereocenters. The van der Waals surface area contributed by atoms with Gasteiger partial charge in [-0.3, -0.25) is 0 Å². The van der Waals surface area contributed by atoms with Crippen LogP contribution in [0.25, 0.3) is 0 Å². The molecule has 0 N–H and O–H groups in total. The lowest BCUT2D eigenvalue weighted by Gasteiger charge is -2.14. The van der Waals surface area contributed by atoms with Crippen LogP contribution in [0.2, 0.25) is 0 Å². The maximum absolute atomic E-state index is 5.36. The fraction of sp³-hybridized carbons (Fsp3) is 0.556. The summed E-state index contributed by atoms with van der Waals surface area (Å²) >= 11 is 0. The van der Waals surface area contributed by atoms with Crippen molar-refractivity contribution in [3.05, 3.63) is 23.5 Å². The number of ether oxygens (including phenoxy) is 2. The average Bonchev–Trinajstić information content (AvgIpc) is 2.50. The molecule has 0 spiro atoms. The van der Waals surface area contributed by atoms with Gasteiger partial charge in [-0.2, -0.15) is 0 Å². The van der Waals surface area contributed by atoms with E-state index in [1.807, 2.05) is 6.08 Å². The molecular formula is C9H12O2. The number of hydrogen-bond donors (Lipinski definition) is 0. The molecular weight excluding hydrogens is 140 g/mol. The predicted octanol–water partition coefficient (Wildman–Crippen LogP) is 1.98. The summed E-state index contributed by atoms with van der Waals surface area (Å²) in [4.78, 5) is 0. The van der Waals surface area contributed by atoms with E-state index in [0.717, 1.165) is 18.6 Å². The van der Waals surface area contributed by atoms with E-state index >= 15 is 0 Å². The average molecular weight is 152 g/mol. The van der Waals surface area contributed by atoms with E-state index in [2.05, 4.69) is 13.0 Å². The van der Waals surface area contributed by atoms with Gasteiger partial charge in [0.1, 0.15) is 11.9 Å². The Hall–Kier alpha value is -0.760. The molecule has 0 aromatic heterocycles. The number of hydrogen-bond acceptors (Lipinski definition) is 2. The molecule has 2 nitrogen and oxygen atoms in total. The zero-order valence-electron chi connectivity index (χ0n) is 6.67. The molecule has 0 bridgehead atoms. The minimum atomic E-state index is 0.218. The van der Waals surface area contributed by atoms with E-state index in [1.54, 1.807) is 0 Å². The lowest BCUT2D eigenvalue weighted by atomic mass is 9.99. The molecule has 1 fully saturated rings. The molecule has 2 heteroatoms. The monoisotopic (exact) mass is 152 g/mol. The van der Waals surface area contributed by atoms with Crippen molar-refractivity contribution in [2.24, 2.45) is 0 Å². The van der Waals surface area contributed by atoms with Crippen molar-refractivity contribution >= 4 is 0 Å². The van der Waals surface area contributed by atoms with Crippen LogP contribution >= 0.6 is 0 Å². The van der Waals surface area contributed by atoms with Gasteiger partial charge in [0.15, 0.2) is 6.79 Å². The molecule has 60 valence electrons. The SMILES string of the molecule is CCC1=CC=C2OCOC2C1. The first-order valence-electron chi connectivity index (χ1n) is 4.04. The number of fused-ring (bicyclic) bond motifs is 1. The number of rotatable bonds is 1. The fourth-order valence-electron chi connectivity index (χ4n) is 1.44. The Morgan fingerprint density at radius 1 is 1.55 bits per heavy atom. The Balaban J connectivity index is 2.15. The van der Waals surface area contributed by atoms with Crippen molar-refractivity contribution in [2.45, 2.75) is 25.9 Å². The maximum Gasteiger partial charge on any atom is 0.189 e. The van der Waals surface area contributed by atoms with Gasteiger partial charge in [0.05, 0.1) is 0 Å². The second kappa shape index (κ2) is 2.70. The Kier molecular flexibility index (Phi) is 1.70. The second-order valence-corrected chi connectivity index (χ2v) is 2.87. The third-order valence-electron chi connectivity index (χ3n) is 2.20. The molecule has 1 heterocycles. The van der Waals surface area contributed by atoms with Crippen molar-refractivity contribution in [2.75, 3.05) is 6.79 Å². The lowest BCUT2D eigenvalue weighted by molar-refractivity contribution is 0.0499. The van der Waals surface area contributed by atoms with Gasteiger partial charge in [-0.05, 0) is 12.5 Å². The minimum absolute atomic E-state index is 0.218. The van der Waals surface area contributed by atoms with Crippen molar-refractivity contribution in [3.8, 4) is 0 Å². The maximum atomic E-state index is 5.36. The second-order valence-electron chi connectivity index (χ2n) is 2.87. The highest BCUT2D eigenvalue weighted by Gasteiger charge is 2.25. The summed E-state index contributed by atoms with van der Waals surface area (Å²) in [6, 6.07) is 0. The molecule has 2 rings (SSSR count). The van der Waals surface area contributed by atoms with Gasteiger partial charge in [-0.1, -0.05) is 18.6 Å². The molecule has 1 aliphatic heterocycles. The Labute approximate surface area is 66.5 Å². The molecule has 0 amide bonds. The Bertz CT molecular complexity index is 216. The molecule has 2 aliphatic rings. The normalized spacial score (nSPS) is 28.6. The molecule has 0 saturated carbocycles. The van der Waals surface area contributed by atoms with Gasteiger partial charge in [0.25, 0.3) is 0 Å². The van der Waals surface area contributed by atoms with Crippen LogP contribution in [0.15, 0.2) is 23.5 Å². The molecule has 1 saturated heterocycles. The molecule has 11 heavy (non-hydrogen) atoms. The minimum Gasteiger partial charge on any atom is -0.469 e. The van der Waals surface area contributed by atoms with Crippen LogP contribution in [-0.4, -0.2) is 12.9 Å². The van der Waals surface area contributed by atoms with E-state index < -0.39 is 0 Å². The first-order chi connectivity index (χ1) is 5.40. The quantitative estimate of drug-likeness (QED) is 0.572. The summed E-state index contributed by atoms with van der Waals surface area (Å²) in [5.41, 5.74) is 1.45. The smallest absolute Gasteiger partial charge is 0.189 e. The van der Waals surface area contributed by atoms with Crippen LogP contribution in [0.4, 0.5) is 0 Å². The van der Waals surface area contributed by atoms with Crippen LogP contribution in [0.5, 0.6) is 0 Å². The predicted molar refractivity (Wildman–Crippen MR) is 41.9 cm³/mol. The summed E-state index contributed by atoms with van der Waals surface area (Å²) in [5, 5.41) is 0. The summed E-state index contributed by atoms with van der Waals surface area (Å²) in [7, 11) is 0. The van der Waals surface area contributed by atoms with Gasteiger partial charge in [-0.15, -0.1) is 0 Å². The fourth-order valence-corrected chi connectivity index (χ4v) is 1.44. The summed E-state index contributed by atoms with van der Waals surface area (Å²) in [5.74, 6) is 1.00. The first-order valence-corrected chi connectivity index (χ1v) is 4.04. The standard InChI is InChI=1S/C9H12O2/c1-2-7-3-4-8-9(5-7)11-6-10-8/h3-4,9H,2,5-6H2,1H3. The van der Waals surface area contributed by atoms with Crippen LogP contribution in [0.3, 0.4) is 0 Å². The number of allylic oxidation sites excluding steroid dienone is 2. The van der Waals surface area contributed by atoms with Crippen LogP contribution < -0.4 is 0 Å². The largest absolute Gasteiger partial charge is 0.469 e. The van der Waals surface area contributed by atoms with Gasteiger partial charge >= 0.3 is 0 Å². The van der Waals surface area contributed by atoms with E-state index in [4.69, 9.17) is 9.47 Å². The van der Waals surface area contributed by atoms with E-state index in [-0.39, 0.29) is 6.10 Å². The Morgan fingerprint density at radius 2 is 2.45 bits per heavy atom. The summed E-state index contributed by atoms with van der Waals surface area (Å²) in [6.45, 7) is 2.60. The van der Waals surface area contributed by atoms with Gasteiger partial charge in [0.2, 0.25) is 0 Å². The molecule has 1 unspecified atom stereocenters. The summed E-state index contributed by atoms with van der Waals surface area (Å²) in [6.07, 6.45) is 6.52. The van der Waals surface area contributed by atoms with Gasteiger partial charge in [0, 0.05) is 6.42 Å². The Morgan fingerprint density at radius 3 is 3.27 bits per heavy atom. The van der Waals surface area contributed by atoms with Crippen molar-refractivity contribution in [1.82, 2.24) is 0 Å². The third kappa shape index (κ3) is 1.18. The van der Waals surface area contributed by atoms with E-state index in [1.165, 1.54) is 5.57 Å². The molecule has 0 radical (unpaired) electrons. The highest BCUT2D eigenvalue weighted by Crippen LogP contribution is 2.28. The first kappa shape index (κ1) is 6.92. The highest BCUT2D eigenvalue weighted by molar-refractivity contribution is 5.25. The van der Waals surface area contributed by atoms with Gasteiger partial charge < -0.3 is 9.47 Å². The molecule has 1 aliphatic carbocycles. The van der Waals surface area contributed by atoms with Crippen molar-refractivity contribution in [1.29, 1.82) is 0 Å². The van der Waals surface area contributed by atoms with E-state index in [9.17, 15) is 0 Å². The molecule has 0 aromatic rings. The van der Waals surface area contributed by atoms with Gasteiger partial charge in [-0.25, -0.2) is 0 Å². The van der Waals surface area contributed by atoms with E-state index in [0.29, 0.717) is 6.79 Å². The van der Waals surface area contributed by atoms with Crippen LogP contribution in [0, 0.1) is 0 Å². The van der Waals surface area contributed by atoms with Crippen LogP contribution in [-0.2, 0) is 9.47 Å². The topological polar surface area (TPSA) is 18.5 Å². The lowest BCUT2D eigenvalue weighted by Crippen LogP contribution is -2.11. The summed E-state index contributed by atoms with van der Waals surface area (Å²) < 4.78 is 10.6. The van der Waals surface area contributed by atoms with Crippen LogP contribution in [0.1, 0.15) is 19.8 Å². The van der Waals surface area contributed by atoms with Crippen molar-refractivity contribution < 1.29 is 9.47 Å². The molecule has 0 aromatic carbocycles. The highest BCUT2D eigenvalue weighted by atomic mass is 16.7.